The van der Waals surface area contributed by atoms with Crippen LogP contribution in [0.5, 0.6) is 0 Å². The van der Waals surface area contributed by atoms with E-state index in [1.807, 2.05) is 20.9 Å². The standard InChI is InChI=1S/C7H18N2.C2H6/c1-7(2,3)5-6-9(4)8;1-2/h5-6,8H2,1-4H3;1-2H3. The zero-order valence-electron chi connectivity index (χ0n) is 8.94. The molecular formula is C9H24N2. The van der Waals surface area contributed by atoms with Crippen LogP contribution in [0.3, 0.4) is 0 Å². The summed E-state index contributed by atoms with van der Waals surface area (Å²) in [6.07, 6.45) is 1.15. The first-order valence-corrected chi connectivity index (χ1v) is 4.38. The molecule has 0 radical (unpaired) electrons. The first-order chi connectivity index (χ1) is 4.92. The first-order valence-electron chi connectivity index (χ1n) is 4.38. The Bertz CT molecular complexity index is 72.1. The van der Waals surface area contributed by atoms with E-state index < -0.39 is 0 Å². The summed E-state index contributed by atoms with van der Waals surface area (Å²) in [5, 5.41) is 1.73. The molecule has 0 spiro atoms. The van der Waals surface area contributed by atoms with Gasteiger partial charge in [0.15, 0.2) is 0 Å². The predicted molar refractivity (Wildman–Crippen MR) is 52.2 cm³/mol. The van der Waals surface area contributed by atoms with E-state index in [-0.39, 0.29) is 0 Å². The van der Waals surface area contributed by atoms with Gasteiger partial charge in [-0.25, -0.2) is 0 Å². The van der Waals surface area contributed by atoms with Crippen molar-refractivity contribution in [3.05, 3.63) is 0 Å². The smallest absolute Gasteiger partial charge is 0.0130 e. The molecule has 0 atom stereocenters. The highest BCUT2D eigenvalue weighted by Gasteiger charge is 2.09. The highest BCUT2D eigenvalue weighted by atomic mass is 15.4. The van der Waals surface area contributed by atoms with Crippen molar-refractivity contribution < 1.29 is 0 Å². The molecule has 70 valence electrons. The van der Waals surface area contributed by atoms with Crippen molar-refractivity contribution in [1.29, 1.82) is 0 Å². The Labute approximate surface area is 71.7 Å². The Hall–Kier alpha value is -0.0800. The molecule has 0 rings (SSSR count). The second-order valence-electron chi connectivity index (χ2n) is 3.79. The molecular weight excluding hydrogens is 136 g/mol. The summed E-state index contributed by atoms with van der Waals surface area (Å²) >= 11 is 0. The van der Waals surface area contributed by atoms with Gasteiger partial charge in [0.25, 0.3) is 0 Å². The SMILES string of the molecule is CC.CN(N)CCC(C)(C)C. The molecule has 0 amide bonds. The van der Waals surface area contributed by atoms with Crippen LogP contribution in [0.15, 0.2) is 0 Å². The van der Waals surface area contributed by atoms with Gasteiger partial charge in [-0.15, -0.1) is 0 Å². The van der Waals surface area contributed by atoms with Gasteiger partial charge in [-0.1, -0.05) is 34.6 Å². The molecule has 2 N–H and O–H groups in total. The molecule has 11 heavy (non-hydrogen) atoms. The molecule has 2 heteroatoms. The fourth-order valence-corrected chi connectivity index (χ4v) is 0.512. The van der Waals surface area contributed by atoms with Crippen LogP contribution in [-0.4, -0.2) is 18.6 Å². The third-order valence-electron chi connectivity index (χ3n) is 1.21. The van der Waals surface area contributed by atoms with Crippen LogP contribution in [0.4, 0.5) is 0 Å². The molecule has 0 aromatic carbocycles. The Morgan fingerprint density at radius 2 is 1.55 bits per heavy atom. The van der Waals surface area contributed by atoms with E-state index in [0.29, 0.717) is 5.41 Å². The van der Waals surface area contributed by atoms with Gasteiger partial charge >= 0.3 is 0 Å². The van der Waals surface area contributed by atoms with Gasteiger partial charge in [0.1, 0.15) is 0 Å². The summed E-state index contributed by atoms with van der Waals surface area (Å²) in [5.41, 5.74) is 0.410. The van der Waals surface area contributed by atoms with Crippen molar-refractivity contribution in [2.24, 2.45) is 11.3 Å². The zero-order chi connectivity index (χ0) is 9.49. The summed E-state index contributed by atoms with van der Waals surface area (Å²) in [7, 11) is 1.89. The number of hydrogen-bond donors (Lipinski definition) is 1. The fraction of sp³-hybridized carbons (Fsp3) is 1.00. The Balaban J connectivity index is 0. The lowest BCUT2D eigenvalue weighted by Crippen LogP contribution is -2.29. The average Bonchev–Trinajstić information content (AvgIpc) is 1.87. The minimum absolute atomic E-state index is 0.410. The summed E-state index contributed by atoms with van der Waals surface area (Å²) in [6, 6.07) is 0. The van der Waals surface area contributed by atoms with Crippen LogP contribution in [0.1, 0.15) is 41.0 Å². The quantitative estimate of drug-likeness (QED) is 0.496. The highest BCUT2D eigenvalue weighted by molar-refractivity contribution is 4.61. The molecule has 0 aromatic heterocycles. The second kappa shape index (κ2) is 6.62. The summed E-state index contributed by atoms with van der Waals surface area (Å²) in [6.45, 7) is 11.6. The zero-order valence-corrected chi connectivity index (χ0v) is 8.94. The molecule has 2 nitrogen and oxygen atoms in total. The van der Waals surface area contributed by atoms with Gasteiger partial charge in [0.2, 0.25) is 0 Å². The topological polar surface area (TPSA) is 29.3 Å². The average molecular weight is 160 g/mol. The van der Waals surface area contributed by atoms with E-state index in [1.165, 1.54) is 0 Å². The summed E-state index contributed by atoms with van der Waals surface area (Å²) in [5.74, 6) is 5.43. The monoisotopic (exact) mass is 160 g/mol. The van der Waals surface area contributed by atoms with Gasteiger partial charge in [0.05, 0.1) is 0 Å². The molecule has 0 aromatic rings. The van der Waals surface area contributed by atoms with Crippen LogP contribution in [-0.2, 0) is 0 Å². The first kappa shape index (κ1) is 13.5. The third kappa shape index (κ3) is 17.8. The maximum absolute atomic E-state index is 5.43. The van der Waals surface area contributed by atoms with Crippen molar-refractivity contribution in [1.82, 2.24) is 5.01 Å². The van der Waals surface area contributed by atoms with Crippen molar-refractivity contribution in [3.63, 3.8) is 0 Å². The van der Waals surface area contributed by atoms with Crippen LogP contribution in [0, 0.1) is 5.41 Å². The maximum Gasteiger partial charge on any atom is 0.0130 e. The second-order valence-corrected chi connectivity index (χ2v) is 3.79. The summed E-state index contributed by atoms with van der Waals surface area (Å²) < 4.78 is 0. The van der Waals surface area contributed by atoms with E-state index in [2.05, 4.69) is 20.8 Å². The lowest BCUT2D eigenvalue weighted by molar-refractivity contribution is 0.270. The largest absolute Gasteiger partial charge is 0.269 e. The van der Waals surface area contributed by atoms with Gasteiger partial charge in [0, 0.05) is 13.6 Å². The van der Waals surface area contributed by atoms with Gasteiger partial charge in [-0.3, -0.25) is 10.9 Å². The lowest BCUT2D eigenvalue weighted by atomic mass is 9.92. The lowest BCUT2D eigenvalue weighted by Gasteiger charge is -2.20. The number of nitrogens with two attached hydrogens (primary N) is 1. The Morgan fingerprint density at radius 1 is 1.18 bits per heavy atom. The normalized spacial score (nSPS) is 10.9. The van der Waals surface area contributed by atoms with Crippen LogP contribution in [0.2, 0.25) is 0 Å². The molecule has 0 bridgehead atoms. The number of hydrogen-bond acceptors (Lipinski definition) is 2. The molecule has 0 fully saturated rings. The molecule has 0 unspecified atom stereocenters. The molecule has 0 heterocycles. The third-order valence-corrected chi connectivity index (χ3v) is 1.21. The number of rotatable bonds is 2. The van der Waals surface area contributed by atoms with E-state index in [9.17, 15) is 0 Å². The van der Waals surface area contributed by atoms with Crippen molar-refractivity contribution >= 4 is 0 Å². The number of nitrogens with zero attached hydrogens (tertiary/aromatic N) is 1. The number of hydrazine groups is 1. The van der Waals surface area contributed by atoms with Gasteiger partial charge in [-0.05, 0) is 11.8 Å². The van der Waals surface area contributed by atoms with Gasteiger partial charge in [-0.2, -0.15) is 0 Å². The van der Waals surface area contributed by atoms with E-state index in [0.717, 1.165) is 13.0 Å². The Kier molecular flexibility index (Phi) is 8.13. The van der Waals surface area contributed by atoms with E-state index in [1.54, 1.807) is 5.01 Å². The van der Waals surface area contributed by atoms with Crippen molar-refractivity contribution in [2.45, 2.75) is 41.0 Å². The van der Waals surface area contributed by atoms with E-state index >= 15 is 0 Å². The van der Waals surface area contributed by atoms with Crippen molar-refractivity contribution in [3.8, 4) is 0 Å². The molecule has 0 aliphatic carbocycles. The van der Waals surface area contributed by atoms with Gasteiger partial charge < -0.3 is 0 Å². The molecule has 0 saturated heterocycles. The van der Waals surface area contributed by atoms with Crippen LogP contribution >= 0.6 is 0 Å². The fourth-order valence-electron chi connectivity index (χ4n) is 0.512. The maximum atomic E-state index is 5.43. The summed E-state index contributed by atoms with van der Waals surface area (Å²) in [4.78, 5) is 0. The van der Waals surface area contributed by atoms with Crippen molar-refractivity contribution in [2.75, 3.05) is 13.6 Å². The van der Waals surface area contributed by atoms with E-state index in [4.69, 9.17) is 5.84 Å². The van der Waals surface area contributed by atoms with Crippen LogP contribution in [0.25, 0.3) is 0 Å². The molecule has 0 aliphatic rings. The molecule has 0 saturated carbocycles. The molecule has 0 aliphatic heterocycles. The minimum atomic E-state index is 0.410. The predicted octanol–water partition coefficient (Wildman–Crippen LogP) is 2.25. The highest BCUT2D eigenvalue weighted by Crippen LogP contribution is 2.17. The Morgan fingerprint density at radius 3 is 1.64 bits per heavy atom. The van der Waals surface area contributed by atoms with Crippen LogP contribution < -0.4 is 5.84 Å². The minimum Gasteiger partial charge on any atom is -0.269 e.